The number of hydrogen-bond donors (Lipinski definition) is 1. The number of ether oxygens (including phenoxy) is 2. The zero-order valence-electron chi connectivity index (χ0n) is 11.9. The highest BCUT2D eigenvalue weighted by Crippen LogP contribution is 2.10. The van der Waals surface area contributed by atoms with Crippen molar-refractivity contribution in [3.8, 4) is 0 Å². The van der Waals surface area contributed by atoms with Crippen LogP contribution in [-0.4, -0.2) is 25.4 Å². The van der Waals surface area contributed by atoms with Crippen molar-refractivity contribution in [2.45, 2.75) is 46.4 Å². The van der Waals surface area contributed by atoms with Crippen LogP contribution in [0.25, 0.3) is 0 Å². The Labute approximate surface area is 110 Å². The van der Waals surface area contributed by atoms with Gasteiger partial charge in [-0.2, -0.15) is 0 Å². The van der Waals surface area contributed by atoms with E-state index in [2.05, 4.69) is 26.1 Å². The molecule has 104 valence electrons. The van der Waals surface area contributed by atoms with E-state index in [0.717, 1.165) is 24.5 Å². The van der Waals surface area contributed by atoms with Crippen LogP contribution >= 0.6 is 0 Å². The molecular formula is C14H25NO3. The molecule has 1 rings (SSSR count). The molecule has 0 saturated heterocycles. The van der Waals surface area contributed by atoms with Crippen molar-refractivity contribution in [3.63, 3.8) is 0 Å². The lowest BCUT2D eigenvalue weighted by Crippen LogP contribution is -2.34. The minimum atomic E-state index is 0.116. The van der Waals surface area contributed by atoms with E-state index >= 15 is 0 Å². The van der Waals surface area contributed by atoms with Crippen molar-refractivity contribution in [3.05, 3.63) is 23.7 Å². The third kappa shape index (κ3) is 6.79. The predicted octanol–water partition coefficient (Wildman–Crippen LogP) is 2.72. The Morgan fingerprint density at radius 1 is 1.22 bits per heavy atom. The first kappa shape index (κ1) is 15.2. The van der Waals surface area contributed by atoms with E-state index in [0.29, 0.717) is 19.8 Å². The Kier molecular flexibility index (Phi) is 6.39. The van der Waals surface area contributed by atoms with Crippen molar-refractivity contribution >= 4 is 0 Å². The van der Waals surface area contributed by atoms with Crippen molar-refractivity contribution in [2.24, 2.45) is 0 Å². The van der Waals surface area contributed by atoms with Gasteiger partial charge in [0.25, 0.3) is 0 Å². The maximum atomic E-state index is 5.44. The van der Waals surface area contributed by atoms with Crippen molar-refractivity contribution in [1.82, 2.24) is 5.32 Å². The first-order chi connectivity index (χ1) is 8.51. The normalized spacial score (nSPS) is 12.0. The highest BCUT2D eigenvalue weighted by molar-refractivity contribution is 5.12. The summed E-state index contributed by atoms with van der Waals surface area (Å²) >= 11 is 0. The van der Waals surface area contributed by atoms with Gasteiger partial charge in [-0.1, -0.05) is 0 Å². The Bertz CT molecular complexity index is 328. The standard InChI is InChI=1S/C14H25NO3/c1-5-16-6-7-17-11-13-8-12(10-18-13)9-15-14(2,3)4/h8,10,15H,5-7,9,11H2,1-4H3. The van der Waals surface area contributed by atoms with Crippen molar-refractivity contribution < 1.29 is 13.9 Å². The fourth-order valence-corrected chi connectivity index (χ4v) is 1.40. The minimum absolute atomic E-state index is 0.116. The zero-order valence-corrected chi connectivity index (χ0v) is 11.9. The van der Waals surface area contributed by atoms with Crippen LogP contribution in [0.2, 0.25) is 0 Å². The molecule has 1 aromatic rings. The van der Waals surface area contributed by atoms with Crippen LogP contribution in [0.4, 0.5) is 0 Å². The molecule has 0 amide bonds. The summed E-state index contributed by atoms with van der Waals surface area (Å²) in [6, 6.07) is 2.03. The van der Waals surface area contributed by atoms with Gasteiger partial charge in [0.2, 0.25) is 0 Å². The van der Waals surface area contributed by atoms with Gasteiger partial charge in [0.15, 0.2) is 0 Å². The first-order valence-electron chi connectivity index (χ1n) is 6.48. The van der Waals surface area contributed by atoms with E-state index in [1.807, 2.05) is 13.0 Å². The smallest absolute Gasteiger partial charge is 0.129 e. The summed E-state index contributed by atoms with van der Waals surface area (Å²) in [5.41, 5.74) is 1.26. The van der Waals surface area contributed by atoms with Crippen LogP contribution in [0, 0.1) is 0 Å². The molecule has 0 bridgehead atoms. The molecule has 18 heavy (non-hydrogen) atoms. The maximum Gasteiger partial charge on any atom is 0.129 e. The summed E-state index contributed by atoms with van der Waals surface area (Å²) in [7, 11) is 0. The molecule has 0 saturated carbocycles. The topological polar surface area (TPSA) is 43.6 Å². The number of hydrogen-bond acceptors (Lipinski definition) is 4. The molecule has 0 aliphatic heterocycles. The third-order valence-corrected chi connectivity index (χ3v) is 2.35. The molecule has 0 unspecified atom stereocenters. The molecular weight excluding hydrogens is 230 g/mol. The average molecular weight is 255 g/mol. The zero-order chi connectivity index (χ0) is 13.4. The van der Waals surface area contributed by atoms with E-state index in [1.54, 1.807) is 6.26 Å². The summed E-state index contributed by atoms with van der Waals surface area (Å²) in [5, 5.41) is 3.41. The Morgan fingerprint density at radius 2 is 1.94 bits per heavy atom. The van der Waals surface area contributed by atoms with E-state index in [-0.39, 0.29) is 5.54 Å². The van der Waals surface area contributed by atoms with Crippen molar-refractivity contribution in [2.75, 3.05) is 19.8 Å². The summed E-state index contributed by atoms with van der Waals surface area (Å²) < 4.78 is 16.1. The van der Waals surface area contributed by atoms with E-state index < -0.39 is 0 Å². The molecule has 4 nitrogen and oxygen atoms in total. The second-order valence-corrected chi connectivity index (χ2v) is 5.27. The van der Waals surface area contributed by atoms with Gasteiger partial charge in [0.05, 0.1) is 19.5 Å². The number of furan rings is 1. The lowest BCUT2D eigenvalue weighted by Gasteiger charge is -2.19. The van der Waals surface area contributed by atoms with Gasteiger partial charge in [-0.3, -0.25) is 0 Å². The second-order valence-electron chi connectivity index (χ2n) is 5.27. The molecule has 0 radical (unpaired) electrons. The number of rotatable bonds is 8. The summed E-state index contributed by atoms with van der Waals surface area (Å²) in [5.74, 6) is 0.859. The summed E-state index contributed by atoms with van der Waals surface area (Å²) in [4.78, 5) is 0. The summed E-state index contributed by atoms with van der Waals surface area (Å²) in [6.45, 7) is 11.7. The third-order valence-electron chi connectivity index (χ3n) is 2.35. The molecule has 0 atom stereocenters. The molecule has 0 aromatic carbocycles. The highest BCUT2D eigenvalue weighted by Gasteiger charge is 2.09. The molecule has 4 heteroatoms. The van der Waals surface area contributed by atoms with E-state index in [1.165, 1.54) is 0 Å². The molecule has 0 fully saturated rings. The Balaban J connectivity index is 2.22. The molecule has 0 aliphatic rings. The van der Waals surface area contributed by atoms with Gasteiger partial charge in [-0.25, -0.2) is 0 Å². The molecule has 0 aliphatic carbocycles. The fraction of sp³-hybridized carbons (Fsp3) is 0.714. The predicted molar refractivity (Wildman–Crippen MR) is 71.4 cm³/mol. The molecule has 1 aromatic heterocycles. The van der Waals surface area contributed by atoms with Crippen molar-refractivity contribution in [1.29, 1.82) is 0 Å². The van der Waals surface area contributed by atoms with Gasteiger partial charge in [-0.15, -0.1) is 0 Å². The molecule has 1 N–H and O–H groups in total. The maximum absolute atomic E-state index is 5.44. The first-order valence-corrected chi connectivity index (χ1v) is 6.48. The lowest BCUT2D eigenvalue weighted by molar-refractivity contribution is 0.0390. The molecule has 0 spiro atoms. The lowest BCUT2D eigenvalue weighted by atomic mass is 10.1. The second kappa shape index (κ2) is 7.56. The highest BCUT2D eigenvalue weighted by atomic mass is 16.5. The largest absolute Gasteiger partial charge is 0.467 e. The average Bonchev–Trinajstić information content (AvgIpc) is 2.73. The van der Waals surface area contributed by atoms with Gasteiger partial charge in [-0.05, 0) is 33.8 Å². The van der Waals surface area contributed by atoms with Crippen LogP contribution in [0.3, 0.4) is 0 Å². The van der Waals surface area contributed by atoms with Crippen LogP contribution in [0.1, 0.15) is 39.0 Å². The number of nitrogens with one attached hydrogen (secondary N) is 1. The van der Waals surface area contributed by atoms with Gasteiger partial charge < -0.3 is 19.2 Å². The van der Waals surface area contributed by atoms with Crippen LogP contribution in [-0.2, 0) is 22.6 Å². The van der Waals surface area contributed by atoms with Gasteiger partial charge >= 0.3 is 0 Å². The quantitative estimate of drug-likeness (QED) is 0.725. The van der Waals surface area contributed by atoms with E-state index in [9.17, 15) is 0 Å². The monoisotopic (exact) mass is 255 g/mol. The Morgan fingerprint density at radius 3 is 2.61 bits per heavy atom. The van der Waals surface area contributed by atoms with Crippen LogP contribution in [0.5, 0.6) is 0 Å². The van der Waals surface area contributed by atoms with Gasteiger partial charge in [0.1, 0.15) is 12.4 Å². The summed E-state index contributed by atoms with van der Waals surface area (Å²) in [6.07, 6.45) is 1.78. The van der Waals surface area contributed by atoms with Crippen LogP contribution < -0.4 is 5.32 Å². The minimum Gasteiger partial charge on any atom is -0.467 e. The Hall–Kier alpha value is -0.840. The van der Waals surface area contributed by atoms with Gasteiger partial charge in [0, 0.05) is 24.3 Å². The SMILES string of the molecule is CCOCCOCc1cc(CNC(C)(C)C)co1. The fourth-order valence-electron chi connectivity index (χ4n) is 1.40. The van der Waals surface area contributed by atoms with E-state index in [4.69, 9.17) is 13.9 Å². The van der Waals surface area contributed by atoms with Crippen LogP contribution in [0.15, 0.2) is 16.7 Å². The molecule has 1 heterocycles.